The number of carbonyl (C=O) groups is 1. The van der Waals surface area contributed by atoms with Crippen molar-refractivity contribution in [3.63, 3.8) is 0 Å². The Morgan fingerprint density at radius 2 is 2.04 bits per heavy atom. The zero-order valence-corrected chi connectivity index (χ0v) is 13.5. The number of furan rings is 1. The van der Waals surface area contributed by atoms with E-state index in [4.69, 9.17) is 20.8 Å². The molecule has 7 heteroatoms. The number of methoxy groups -OCH3 is 1. The maximum atomic E-state index is 11.9. The lowest BCUT2D eigenvalue weighted by atomic mass is 10.3. The minimum atomic E-state index is -0.329. The molecule has 0 aliphatic heterocycles. The largest absolute Gasteiger partial charge is 0.495 e. The van der Waals surface area contributed by atoms with E-state index in [9.17, 15) is 4.79 Å². The van der Waals surface area contributed by atoms with Crippen LogP contribution in [-0.2, 0) is 0 Å². The molecule has 0 saturated heterocycles. The molecule has 6 nitrogen and oxygen atoms in total. The fourth-order valence-electron chi connectivity index (χ4n) is 2.03. The van der Waals surface area contributed by atoms with Gasteiger partial charge in [-0.2, -0.15) is 0 Å². The summed E-state index contributed by atoms with van der Waals surface area (Å²) in [6.07, 6.45) is 2.99. The highest BCUT2D eigenvalue weighted by atomic mass is 35.5. The first kappa shape index (κ1) is 15.9. The van der Waals surface area contributed by atoms with Crippen molar-refractivity contribution in [1.29, 1.82) is 0 Å². The highest BCUT2D eigenvalue weighted by Gasteiger charge is 2.09. The first-order chi connectivity index (χ1) is 11.7. The van der Waals surface area contributed by atoms with Crippen LogP contribution in [0, 0.1) is 0 Å². The van der Waals surface area contributed by atoms with Crippen molar-refractivity contribution in [3.8, 4) is 5.75 Å². The van der Waals surface area contributed by atoms with E-state index < -0.39 is 0 Å². The van der Waals surface area contributed by atoms with Crippen molar-refractivity contribution in [3.05, 3.63) is 65.7 Å². The van der Waals surface area contributed by atoms with Gasteiger partial charge in [0.2, 0.25) is 0 Å². The average Bonchev–Trinajstić information content (AvgIpc) is 3.11. The van der Waals surface area contributed by atoms with E-state index in [1.807, 2.05) is 6.07 Å². The quantitative estimate of drug-likeness (QED) is 0.721. The lowest BCUT2D eigenvalue weighted by Crippen LogP contribution is -2.11. The van der Waals surface area contributed by atoms with Gasteiger partial charge in [0.05, 0.1) is 30.3 Å². The Labute approximate surface area is 143 Å². The Morgan fingerprint density at radius 3 is 2.67 bits per heavy atom. The van der Waals surface area contributed by atoms with E-state index in [-0.39, 0.29) is 11.7 Å². The summed E-state index contributed by atoms with van der Waals surface area (Å²) >= 11 is 6.09. The molecule has 24 heavy (non-hydrogen) atoms. The predicted octanol–water partition coefficient (Wildman–Crippen LogP) is 4.33. The number of aromatic nitrogens is 1. The molecule has 3 aromatic rings. The van der Waals surface area contributed by atoms with Crippen molar-refractivity contribution in [2.75, 3.05) is 17.7 Å². The van der Waals surface area contributed by atoms with E-state index in [0.717, 1.165) is 5.69 Å². The first-order valence-electron chi connectivity index (χ1n) is 7.07. The number of carbonyl (C=O) groups excluding carboxylic acids is 1. The molecule has 2 N–H and O–H groups in total. The van der Waals surface area contributed by atoms with E-state index >= 15 is 0 Å². The van der Waals surface area contributed by atoms with Crippen LogP contribution in [0.1, 0.15) is 10.6 Å². The maximum absolute atomic E-state index is 11.9. The Morgan fingerprint density at radius 1 is 1.21 bits per heavy atom. The molecular formula is C17H14ClN3O3. The van der Waals surface area contributed by atoms with Gasteiger partial charge in [-0.25, -0.2) is 4.98 Å². The molecule has 0 atom stereocenters. The molecule has 1 aromatic carbocycles. The summed E-state index contributed by atoms with van der Waals surface area (Å²) in [4.78, 5) is 16.1. The number of nitrogens with one attached hydrogen (secondary N) is 2. The maximum Gasteiger partial charge on any atom is 0.291 e. The second-order valence-electron chi connectivity index (χ2n) is 4.84. The molecule has 0 fully saturated rings. The van der Waals surface area contributed by atoms with Crippen LogP contribution in [0.5, 0.6) is 5.75 Å². The van der Waals surface area contributed by atoms with Gasteiger partial charge in [0, 0.05) is 5.69 Å². The van der Waals surface area contributed by atoms with Gasteiger partial charge >= 0.3 is 0 Å². The number of rotatable bonds is 5. The summed E-state index contributed by atoms with van der Waals surface area (Å²) in [7, 11) is 1.56. The molecular weight excluding hydrogens is 330 g/mol. The third-order valence-corrected chi connectivity index (χ3v) is 3.49. The molecule has 0 radical (unpaired) electrons. The summed E-state index contributed by atoms with van der Waals surface area (Å²) in [6.45, 7) is 0. The average molecular weight is 344 g/mol. The van der Waals surface area contributed by atoms with Crippen LogP contribution in [0.2, 0.25) is 5.02 Å². The molecule has 0 unspecified atom stereocenters. The molecule has 0 aliphatic rings. The van der Waals surface area contributed by atoms with Crippen LogP contribution in [0.4, 0.5) is 17.2 Å². The number of halogens is 1. The molecule has 0 aliphatic carbocycles. The number of nitrogens with zero attached hydrogens (tertiary/aromatic N) is 1. The predicted molar refractivity (Wildman–Crippen MR) is 92.2 cm³/mol. The van der Waals surface area contributed by atoms with E-state index in [1.165, 1.54) is 6.26 Å². The number of hydrogen-bond acceptors (Lipinski definition) is 5. The second-order valence-corrected chi connectivity index (χ2v) is 5.25. The summed E-state index contributed by atoms with van der Waals surface area (Å²) in [6, 6.07) is 12.1. The molecule has 2 heterocycles. The second kappa shape index (κ2) is 7.06. The van der Waals surface area contributed by atoms with E-state index in [1.54, 1.807) is 49.7 Å². The summed E-state index contributed by atoms with van der Waals surface area (Å²) < 4.78 is 10.1. The third kappa shape index (κ3) is 3.67. The highest BCUT2D eigenvalue weighted by Crippen LogP contribution is 2.28. The molecule has 0 spiro atoms. The summed E-state index contributed by atoms with van der Waals surface area (Å²) in [5.41, 5.74) is 1.34. The van der Waals surface area contributed by atoms with Crippen molar-refractivity contribution < 1.29 is 13.9 Å². The molecule has 0 bridgehead atoms. The Kier molecular flexibility index (Phi) is 4.67. The highest BCUT2D eigenvalue weighted by molar-refractivity contribution is 6.32. The van der Waals surface area contributed by atoms with Gasteiger partial charge in [-0.05, 0) is 42.5 Å². The van der Waals surface area contributed by atoms with Gasteiger partial charge in [-0.1, -0.05) is 11.6 Å². The summed E-state index contributed by atoms with van der Waals surface area (Å²) in [5.74, 6) is 1.13. The van der Waals surface area contributed by atoms with Crippen LogP contribution in [-0.4, -0.2) is 18.0 Å². The van der Waals surface area contributed by atoms with Gasteiger partial charge in [-0.15, -0.1) is 0 Å². The number of hydrogen-bond donors (Lipinski definition) is 2. The molecule has 1 amide bonds. The lowest BCUT2D eigenvalue weighted by molar-refractivity contribution is 0.0996. The van der Waals surface area contributed by atoms with Crippen molar-refractivity contribution >= 4 is 34.7 Å². The van der Waals surface area contributed by atoms with Crippen LogP contribution in [0.25, 0.3) is 0 Å². The van der Waals surface area contributed by atoms with Crippen molar-refractivity contribution in [2.24, 2.45) is 0 Å². The Balaban J connectivity index is 1.66. The minimum Gasteiger partial charge on any atom is -0.495 e. The zero-order chi connectivity index (χ0) is 16.9. The Bertz CT molecular complexity index is 833. The van der Waals surface area contributed by atoms with Gasteiger partial charge in [0.1, 0.15) is 11.6 Å². The fraction of sp³-hybridized carbons (Fsp3) is 0.0588. The Hall–Kier alpha value is -2.99. The topological polar surface area (TPSA) is 76.4 Å². The zero-order valence-electron chi connectivity index (χ0n) is 12.7. The third-order valence-electron chi connectivity index (χ3n) is 3.19. The van der Waals surface area contributed by atoms with Crippen LogP contribution < -0.4 is 15.4 Å². The minimum absolute atomic E-state index is 0.241. The SMILES string of the molecule is COc1ccc(Nc2ccc(NC(=O)c3ccco3)cn2)cc1Cl. The van der Waals surface area contributed by atoms with Crippen molar-refractivity contribution in [2.45, 2.75) is 0 Å². The van der Waals surface area contributed by atoms with Crippen LogP contribution >= 0.6 is 11.6 Å². The van der Waals surface area contributed by atoms with Gasteiger partial charge in [0.25, 0.3) is 5.91 Å². The van der Waals surface area contributed by atoms with Gasteiger partial charge < -0.3 is 19.8 Å². The first-order valence-corrected chi connectivity index (χ1v) is 7.45. The molecule has 122 valence electrons. The lowest BCUT2D eigenvalue weighted by Gasteiger charge is -2.09. The molecule has 0 saturated carbocycles. The number of benzene rings is 1. The van der Waals surface area contributed by atoms with Gasteiger partial charge in [0.15, 0.2) is 5.76 Å². The normalized spacial score (nSPS) is 10.2. The monoisotopic (exact) mass is 343 g/mol. The molecule has 2 aromatic heterocycles. The van der Waals surface area contributed by atoms with Crippen LogP contribution in [0.3, 0.4) is 0 Å². The fourth-order valence-corrected chi connectivity index (χ4v) is 2.29. The molecule has 3 rings (SSSR count). The number of amides is 1. The number of ether oxygens (including phenoxy) is 1. The number of anilines is 3. The summed E-state index contributed by atoms with van der Waals surface area (Å²) in [5, 5.41) is 6.33. The van der Waals surface area contributed by atoms with Crippen LogP contribution in [0.15, 0.2) is 59.3 Å². The standard InChI is InChI=1S/C17H14ClN3O3/c1-23-14-6-4-11(9-13(14)18)20-16-7-5-12(10-19-16)21-17(22)15-3-2-8-24-15/h2-10H,1H3,(H,19,20)(H,21,22). The smallest absolute Gasteiger partial charge is 0.291 e. The van der Waals surface area contributed by atoms with Crippen molar-refractivity contribution in [1.82, 2.24) is 4.98 Å². The van der Waals surface area contributed by atoms with E-state index in [0.29, 0.717) is 22.3 Å². The number of pyridine rings is 1. The van der Waals surface area contributed by atoms with E-state index in [2.05, 4.69) is 15.6 Å². The van der Waals surface area contributed by atoms with Gasteiger partial charge in [-0.3, -0.25) is 4.79 Å².